The molecule has 14 atom stereocenters. The molecular formula is C18H33NO12. The molecule has 1 unspecified atom stereocenters. The maximum atomic E-state index is 10.8. The van der Waals surface area contributed by atoms with Crippen molar-refractivity contribution in [2.45, 2.75) is 106 Å². The molecule has 31 heavy (non-hydrogen) atoms. The summed E-state index contributed by atoms with van der Waals surface area (Å²) in [5.41, 5.74) is 5.59. The predicted octanol–water partition coefficient (Wildman–Crippen LogP) is -4.52. The molecular weight excluding hydrogens is 422 g/mol. The van der Waals surface area contributed by atoms with Gasteiger partial charge in [0.15, 0.2) is 12.6 Å². The summed E-state index contributed by atoms with van der Waals surface area (Å²) in [6.07, 6.45) is -17.4. The van der Waals surface area contributed by atoms with Crippen molar-refractivity contribution in [3.8, 4) is 0 Å². The van der Waals surface area contributed by atoms with Crippen LogP contribution in [0.1, 0.15) is 20.3 Å². The highest BCUT2D eigenvalue weighted by molar-refractivity contribution is 4.95. The van der Waals surface area contributed by atoms with E-state index in [-0.39, 0.29) is 6.42 Å². The molecule has 0 bridgehead atoms. The van der Waals surface area contributed by atoms with Crippen LogP contribution in [0.25, 0.3) is 0 Å². The third kappa shape index (κ3) is 5.19. The second-order valence-corrected chi connectivity index (χ2v) is 8.28. The Morgan fingerprint density at radius 3 is 2.03 bits per heavy atom. The highest BCUT2D eigenvalue weighted by atomic mass is 16.7. The molecule has 0 spiro atoms. The predicted molar refractivity (Wildman–Crippen MR) is 99.0 cm³/mol. The van der Waals surface area contributed by atoms with Gasteiger partial charge in [0.1, 0.15) is 55.1 Å². The van der Waals surface area contributed by atoms with Crippen molar-refractivity contribution >= 4 is 0 Å². The van der Waals surface area contributed by atoms with Crippen molar-refractivity contribution in [3.05, 3.63) is 0 Å². The molecule has 0 aliphatic carbocycles. The van der Waals surface area contributed by atoms with Crippen LogP contribution in [0.3, 0.4) is 0 Å². The van der Waals surface area contributed by atoms with Gasteiger partial charge < -0.3 is 65.2 Å². The van der Waals surface area contributed by atoms with Crippen LogP contribution in [0.2, 0.25) is 0 Å². The normalized spacial score (nSPS) is 54.0. The monoisotopic (exact) mass is 455 g/mol. The van der Waals surface area contributed by atoms with Gasteiger partial charge in [0, 0.05) is 6.42 Å². The van der Waals surface area contributed by atoms with Gasteiger partial charge >= 0.3 is 0 Å². The van der Waals surface area contributed by atoms with Gasteiger partial charge in [-0.15, -0.1) is 0 Å². The van der Waals surface area contributed by atoms with Crippen LogP contribution in [0.5, 0.6) is 0 Å². The van der Waals surface area contributed by atoms with Gasteiger partial charge in [-0.3, -0.25) is 0 Å². The average Bonchev–Trinajstić information content (AvgIpc) is 2.71. The summed E-state index contributed by atoms with van der Waals surface area (Å²) >= 11 is 0. The Bertz CT molecular complexity index is 586. The Kier molecular flexibility index (Phi) is 8.24. The number of hydrogen-bond acceptors (Lipinski definition) is 13. The molecule has 0 aromatic rings. The van der Waals surface area contributed by atoms with Crippen molar-refractivity contribution < 1.29 is 59.4 Å². The van der Waals surface area contributed by atoms with Gasteiger partial charge in [0.2, 0.25) is 0 Å². The molecule has 9 N–H and O–H groups in total. The third-order valence-corrected chi connectivity index (χ3v) is 5.95. The van der Waals surface area contributed by atoms with Crippen molar-refractivity contribution in [1.82, 2.24) is 0 Å². The molecule has 13 nitrogen and oxygen atoms in total. The highest BCUT2D eigenvalue weighted by Gasteiger charge is 2.51. The number of ether oxygens (including phenoxy) is 5. The largest absolute Gasteiger partial charge is 0.394 e. The van der Waals surface area contributed by atoms with Gasteiger partial charge in [-0.05, 0) is 13.8 Å². The fourth-order valence-electron chi connectivity index (χ4n) is 3.97. The van der Waals surface area contributed by atoms with Crippen LogP contribution in [-0.4, -0.2) is 128 Å². The zero-order valence-electron chi connectivity index (χ0n) is 17.2. The standard InChI is InChI=1S/C18H33NO12/c1-5-7(21)3-8(22)17(28-5)31-15-10(23)9(4-20)29-18(13(15)26)30-14-6(2)27-16(19)12(25)11(14)24/h5-18,20-26H,3-4,19H2,1-2H3/t5-,6+,7-,8-,9+,10+,11+,12-,13-,14+,15-,16-,17-,18?/m0/s1. The first-order valence-electron chi connectivity index (χ1n) is 10.3. The molecule has 182 valence electrons. The molecule has 0 aromatic heterocycles. The zero-order chi connectivity index (χ0) is 23.0. The van der Waals surface area contributed by atoms with Gasteiger partial charge in [-0.25, -0.2) is 0 Å². The van der Waals surface area contributed by atoms with E-state index in [1.807, 2.05) is 0 Å². The first-order chi connectivity index (χ1) is 14.5. The average molecular weight is 455 g/mol. The van der Waals surface area contributed by atoms with Gasteiger partial charge in [0.05, 0.1) is 24.9 Å². The van der Waals surface area contributed by atoms with Crippen molar-refractivity contribution in [2.75, 3.05) is 6.61 Å². The van der Waals surface area contributed by atoms with Crippen LogP contribution >= 0.6 is 0 Å². The summed E-state index contributed by atoms with van der Waals surface area (Å²) in [7, 11) is 0. The fraction of sp³-hybridized carbons (Fsp3) is 1.00. The molecule has 0 aromatic carbocycles. The molecule has 0 radical (unpaired) electrons. The van der Waals surface area contributed by atoms with Crippen molar-refractivity contribution in [1.29, 1.82) is 0 Å². The van der Waals surface area contributed by atoms with E-state index in [0.717, 1.165) is 0 Å². The molecule has 3 fully saturated rings. The minimum atomic E-state index is -1.64. The Morgan fingerprint density at radius 2 is 1.39 bits per heavy atom. The summed E-state index contributed by atoms with van der Waals surface area (Å²) in [5.74, 6) is 0. The first kappa shape index (κ1) is 25.1. The minimum absolute atomic E-state index is 0.0358. The molecule has 13 heteroatoms. The van der Waals surface area contributed by atoms with E-state index in [4.69, 9.17) is 29.4 Å². The molecule has 3 aliphatic heterocycles. The SMILES string of the molecule is C[C@@H]1O[C@@H](O[C@H]2[C@H](O)[C@@H](CO)OC(O[C@H]3[C@H](O)[C@H](O)[C@@H](N)O[C@@H]3C)[C@H]2O)[C@@H](O)C[C@@H]1O. The van der Waals surface area contributed by atoms with Gasteiger partial charge in [0.25, 0.3) is 0 Å². The van der Waals surface area contributed by atoms with Crippen molar-refractivity contribution in [3.63, 3.8) is 0 Å². The summed E-state index contributed by atoms with van der Waals surface area (Å²) < 4.78 is 27.4. The molecule has 0 amide bonds. The lowest BCUT2D eigenvalue weighted by atomic mass is 9.96. The molecule has 3 rings (SSSR count). The van der Waals surface area contributed by atoms with E-state index in [1.165, 1.54) is 0 Å². The lowest BCUT2D eigenvalue weighted by Gasteiger charge is -2.47. The second-order valence-electron chi connectivity index (χ2n) is 8.28. The molecule has 3 heterocycles. The fourth-order valence-corrected chi connectivity index (χ4v) is 3.97. The number of rotatable bonds is 5. The minimum Gasteiger partial charge on any atom is -0.394 e. The smallest absolute Gasteiger partial charge is 0.187 e. The Labute approximate surface area is 178 Å². The molecule has 0 saturated carbocycles. The van der Waals surface area contributed by atoms with Crippen LogP contribution in [0, 0.1) is 0 Å². The van der Waals surface area contributed by atoms with Crippen molar-refractivity contribution in [2.24, 2.45) is 5.73 Å². The van der Waals surface area contributed by atoms with E-state index < -0.39 is 92.6 Å². The Hall–Kier alpha value is -0.520. The Morgan fingerprint density at radius 1 is 0.742 bits per heavy atom. The lowest BCUT2D eigenvalue weighted by molar-refractivity contribution is -0.365. The third-order valence-electron chi connectivity index (χ3n) is 5.95. The van der Waals surface area contributed by atoms with Crippen LogP contribution < -0.4 is 5.73 Å². The van der Waals surface area contributed by atoms with Crippen LogP contribution in [0.4, 0.5) is 0 Å². The van der Waals surface area contributed by atoms with Gasteiger partial charge in [-0.1, -0.05) is 0 Å². The molecule has 3 saturated heterocycles. The summed E-state index contributed by atoms with van der Waals surface area (Å²) in [5, 5.41) is 71.1. The maximum Gasteiger partial charge on any atom is 0.187 e. The Balaban J connectivity index is 1.73. The highest BCUT2D eigenvalue weighted by Crippen LogP contribution is 2.31. The molecule has 3 aliphatic rings. The quantitative estimate of drug-likeness (QED) is 0.196. The lowest BCUT2D eigenvalue weighted by Crippen LogP contribution is -2.65. The van der Waals surface area contributed by atoms with Crippen LogP contribution in [0.15, 0.2) is 0 Å². The van der Waals surface area contributed by atoms with E-state index in [0.29, 0.717) is 0 Å². The first-order valence-corrected chi connectivity index (χ1v) is 10.3. The summed E-state index contributed by atoms with van der Waals surface area (Å²) in [6.45, 7) is 2.47. The number of aliphatic hydroxyl groups is 7. The topological polar surface area (TPSA) is 214 Å². The maximum absolute atomic E-state index is 10.8. The number of nitrogens with two attached hydrogens (primary N) is 1. The number of hydrogen-bond donors (Lipinski definition) is 8. The second kappa shape index (κ2) is 10.2. The van der Waals surface area contributed by atoms with E-state index in [9.17, 15) is 35.7 Å². The van der Waals surface area contributed by atoms with Crippen LogP contribution in [-0.2, 0) is 23.7 Å². The van der Waals surface area contributed by atoms with E-state index in [1.54, 1.807) is 13.8 Å². The van der Waals surface area contributed by atoms with Gasteiger partial charge in [-0.2, -0.15) is 0 Å². The number of aliphatic hydroxyl groups excluding tert-OH is 7. The van der Waals surface area contributed by atoms with E-state index in [2.05, 4.69) is 0 Å². The van der Waals surface area contributed by atoms with E-state index >= 15 is 0 Å². The zero-order valence-corrected chi connectivity index (χ0v) is 17.2. The summed E-state index contributed by atoms with van der Waals surface area (Å²) in [4.78, 5) is 0. The summed E-state index contributed by atoms with van der Waals surface area (Å²) in [6, 6.07) is 0.